The number of rotatable bonds is 6. The highest BCUT2D eigenvalue weighted by atomic mass is 16.5. The van der Waals surface area contributed by atoms with Gasteiger partial charge in [0.1, 0.15) is 12.4 Å². The van der Waals surface area contributed by atoms with Crippen molar-refractivity contribution < 1.29 is 14.3 Å². The number of carbonyl (C=O) groups excluding carboxylic acids is 1. The highest BCUT2D eigenvalue weighted by Crippen LogP contribution is 2.44. The highest BCUT2D eigenvalue weighted by Gasteiger charge is 2.28. The summed E-state index contributed by atoms with van der Waals surface area (Å²) in [7, 11) is 0. The Kier molecular flexibility index (Phi) is 6.77. The highest BCUT2D eigenvalue weighted by molar-refractivity contribution is 5.79. The molecule has 1 aliphatic rings. The van der Waals surface area contributed by atoms with Gasteiger partial charge in [-0.25, -0.2) is 4.79 Å². The third-order valence-corrected chi connectivity index (χ3v) is 5.34. The average molecular weight is 426 g/mol. The van der Waals surface area contributed by atoms with Gasteiger partial charge in [0.15, 0.2) is 0 Å². The Morgan fingerprint density at radius 3 is 2.25 bits per heavy atom. The molecule has 0 radical (unpaired) electrons. The van der Waals surface area contributed by atoms with Crippen LogP contribution in [0.15, 0.2) is 72.8 Å². The van der Waals surface area contributed by atoms with Gasteiger partial charge >= 0.3 is 6.09 Å². The maximum Gasteiger partial charge on any atom is 0.407 e. The van der Waals surface area contributed by atoms with Gasteiger partial charge in [-0.1, -0.05) is 72.5 Å². The van der Waals surface area contributed by atoms with Crippen molar-refractivity contribution in [2.24, 2.45) is 0 Å². The molecule has 0 unspecified atom stereocenters. The Bertz CT molecular complexity index is 1110. The number of para-hydroxylation sites is 1. The number of hydrogen-bond acceptors (Lipinski definition) is 3. The van der Waals surface area contributed by atoms with Crippen molar-refractivity contribution in [3.05, 3.63) is 89.5 Å². The fourth-order valence-electron chi connectivity index (χ4n) is 3.96. The first-order chi connectivity index (χ1) is 15.6. The van der Waals surface area contributed by atoms with E-state index in [2.05, 4.69) is 41.4 Å². The summed E-state index contributed by atoms with van der Waals surface area (Å²) in [5.74, 6) is 7.06. The molecule has 0 bridgehead atoms. The lowest BCUT2D eigenvalue weighted by atomic mass is 9.98. The Morgan fingerprint density at radius 2 is 1.56 bits per heavy atom. The predicted octanol–water partition coefficient (Wildman–Crippen LogP) is 5.75. The molecule has 0 atom stereocenters. The Labute approximate surface area is 189 Å². The lowest BCUT2D eigenvalue weighted by molar-refractivity contribution is 0.143. The van der Waals surface area contributed by atoms with E-state index in [1.54, 1.807) is 0 Å². The van der Waals surface area contributed by atoms with E-state index < -0.39 is 6.09 Å². The Morgan fingerprint density at radius 1 is 0.938 bits per heavy atom. The van der Waals surface area contributed by atoms with Crippen molar-refractivity contribution in [1.82, 2.24) is 5.32 Å². The topological polar surface area (TPSA) is 47.6 Å². The molecule has 4 heteroatoms. The van der Waals surface area contributed by atoms with Gasteiger partial charge in [0.05, 0.1) is 11.7 Å². The van der Waals surface area contributed by atoms with Crippen LogP contribution in [0.4, 0.5) is 4.79 Å². The molecule has 0 heterocycles. The molecule has 0 aromatic heterocycles. The maximum atomic E-state index is 12.2. The van der Waals surface area contributed by atoms with Crippen LogP contribution in [0.25, 0.3) is 11.1 Å². The van der Waals surface area contributed by atoms with Crippen molar-refractivity contribution in [1.29, 1.82) is 0 Å². The number of benzene rings is 3. The van der Waals surface area contributed by atoms with E-state index in [0.717, 1.165) is 11.3 Å². The van der Waals surface area contributed by atoms with Crippen LogP contribution in [0, 0.1) is 11.8 Å². The average Bonchev–Trinajstić information content (AvgIpc) is 3.12. The molecule has 32 heavy (non-hydrogen) atoms. The molecule has 0 saturated heterocycles. The van der Waals surface area contributed by atoms with Crippen molar-refractivity contribution in [3.63, 3.8) is 0 Å². The van der Waals surface area contributed by atoms with Gasteiger partial charge in [-0.3, -0.25) is 0 Å². The predicted molar refractivity (Wildman–Crippen MR) is 127 cm³/mol. The van der Waals surface area contributed by atoms with Crippen molar-refractivity contribution >= 4 is 6.09 Å². The smallest absolute Gasteiger partial charge is 0.407 e. The van der Waals surface area contributed by atoms with E-state index in [9.17, 15) is 4.79 Å². The van der Waals surface area contributed by atoms with Gasteiger partial charge in [0.25, 0.3) is 0 Å². The van der Waals surface area contributed by atoms with Crippen molar-refractivity contribution in [2.45, 2.75) is 32.3 Å². The standard InChI is InChI=1S/C28H27NO3/c1-20(2)32-27-17-8-3-11-21(27)12-9-10-18-29-28(30)31-19-26-24-15-6-4-13-22(24)23-14-5-7-16-25(23)26/h3-8,11,13-17,20,26H,10,18-19H2,1-2H3,(H,29,30). The number of alkyl carbamates (subject to hydrolysis) is 1. The van der Waals surface area contributed by atoms with Gasteiger partial charge in [-0.05, 0) is 48.2 Å². The Balaban J connectivity index is 1.28. The molecular weight excluding hydrogens is 398 g/mol. The second kappa shape index (κ2) is 10.1. The van der Waals surface area contributed by atoms with E-state index in [1.165, 1.54) is 22.3 Å². The first-order valence-electron chi connectivity index (χ1n) is 11.0. The molecular formula is C28H27NO3. The number of amides is 1. The molecule has 1 N–H and O–H groups in total. The minimum Gasteiger partial charge on any atom is -0.490 e. The minimum atomic E-state index is -0.419. The summed E-state index contributed by atoms with van der Waals surface area (Å²) in [5, 5.41) is 2.79. The van der Waals surface area contributed by atoms with E-state index >= 15 is 0 Å². The van der Waals surface area contributed by atoms with E-state index in [4.69, 9.17) is 9.47 Å². The SMILES string of the molecule is CC(C)Oc1ccccc1C#CCCNC(=O)OCC1c2ccccc2-c2ccccc21. The Hall–Kier alpha value is -3.71. The summed E-state index contributed by atoms with van der Waals surface area (Å²) >= 11 is 0. The molecule has 1 amide bonds. The van der Waals surface area contributed by atoms with Gasteiger partial charge in [-0.15, -0.1) is 0 Å². The van der Waals surface area contributed by atoms with Crippen LogP contribution in [-0.2, 0) is 4.74 Å². The third kappa shape index (κ3) is 4.95. The number of hydrogen-bond donors (Lipinski definition) is 1. The monoisotopic (exact) mass is 425 g/mol. The fourth-order valence-corrected chi connectivity index (χ4v) is 3.96. The largest absolute Gasteiger partial charge is 0.490 e. The van der Waals surface area contributed by atoms with Crippen LogP contribution in [0.1, 0.15) is 42.9 Å². The van der Waals surface area contributed by atoms with Gasteiger partial charge < -0.3 is 14.8 Å². The van der Waals surface area contributed by atoms with Gasteiger partial charge in [-0.2, -0.15) is 0 Å². The number of carbonyl (C=O) groups is 1. The normalized spacial score (nSPS) is 11.8. The number of ether oxygens (including phenoxy) is 2. The van der Waals surface area contributed by atoms with Crippen molar-refractivity contribution in [3.8, 4) is 28.7 Å². The second-order valence-electron chi connectivity index (χ2n) is 7.97. The van der Waals surface area contributed by atoms with Crippen LogP contribution < -0.4 is 10.1 Å². The van der Waals surface area contributed by atoms with E-state index in [1.807, 2.05) is 62.4 Å². The van der Waals surface area contributed by atoms with Crippen LogP contribution >= 0.6 is 0 Å². The molecule has 0 spiro atoms. The zero-order chi connectivity index (χ0) is 22.3. The maximum absolute atomic E-state index is 12.2. The second-order valence-corrected chi connectivity index (χ2v) is 7.97. The van der Waals surface area contributed by atoms with E-state index in [-0.39, 0.29) is 12.0 Å². The molecule has 0 fully saturated rings. The van der Waals surface area contributed by atoms with E-state index in [0.29, 0.717) is 19.6 Å². The molecule has 4 rings (SSSR count). The van der Waals surface area contributed by atoms with Crippen molar-refractivity contribution in [2.75, 3.05) is 13.2 Å². The molecule has 162 valence electrons. The van der Waals surface area contributed by atoms with Gasteiger partial charge in [0, 0.05) is 18.9 Å². The summed E-state index contributed by atoms with van der Waals surface area (Å²) < 4.78 is 11.3. The molecule has 1 aliphatic carbocycles. The summed E-state index contributed by atoms with van der Waals surface area (Å²) in [6.07, 6.45) is 0.200. The molecule has 0 aliphatic heterocycles. The summed E-state index contributed by atoms with van der Waals surface area (Å²) in [6, 6.07) is 24.3. The van der Waals surface area contributed by atoms with Gasteiger partial charge in [0.2, 0.25) is 0 Å². The fraction of sp³-hybridized carbons (Fsp3) is 0.250. The zero-order valence-electron chi connectivity index (χ0n) is 18.4. The number of fused-ring (bicyclic) bond motifs is 3. The van der Waals surface area contributed by atoms with Crippen LogP contribution in [0.2, 0.25) is 0 Å². The molecule has 3 aromatic carbocycles. The number of nitrogens with one attached hydrogen (secondary N) is 1. The summed E-state index contributed by atoms with van der Waals surface area (Å²) in [5.41, 5.74) is 5.69. The summed E-state index contributed by atoms with van der Waals surface area (Å²) in [6.45, 7) is 4.72. The molecule has 0 saturated carbocycles. The quantitative estimate of drug-likeness (QED) is 0.404. The third-order valence-electron chi connectivity index (χ3n) is 5.34. The molecule has 3 aromatic rings. The van der Waals surface area contributed by atoms with Crippen LogP contribution in [0.3, 0.4) is 0 Å². The zero-order valence-corrected chi connectivity index (χ0v) is 18.4. The lowest BCUT2D eigenvalue weighted by Gasteiger charge is -2.14. The van der Waals surface area contributed by atoms with Crippen LogP contribution in [0.5, 0.6) is 5.75 Å². The summed E-state index contributed by atoms with van der Waals surface area (Å²) in [4.78, 5) is 12.2. The lowest BCUT2D eigenvalue weighted by Crippen LogP contribution is -2.26. The minimum absolute atomic E-state index is 0.0606. The molecule has 4 nitrogen and oxygen atoms in total. The first kappa shape index (κ1) is 21.5. The van der Waals surface area contributed by atoms with Crippen LogP contribution in [-0.4, -0.2) is 25.3 Å². The first-order valence-corrected chi connectivity index (χ1v) is 11.0.